The molecule has 6 heteroatoms. The van der Waals surface area contributed by atoms with Crippen LogP contribution in [0.5, 0.6) is 5.75 Å². The first-order chi connectivity index (χ1) is 12.6. The summed E-state index contributed by atoms with van der Waals surface area (Å²) >= 11 is 0. The highest BCUT2D eigenvalue weighted by molar-refractivity contribution is 5.46. The van der Waals surface area contributed by atoms with Crippen molar-refractivity contribution in [2.75, 3.05) is 0 Å². The summed E-state index contributed by atoms with van der Waals surface area (Å²) in [6.07, 6.45) is 0. The highest BCUT2D eigenvalue weighted by Crippen LogP contribution is 2.25. The molecule has 0 amide bonds. The molecule has 0 radical (unpaired) electrons. The molecule has 0 bridgehead atoms. The van der Waals surface area contributed by atoms with Crippen LogP contribution in [0.15, 0.2) is 71.5 Å². The normalized spacial score (nSPS) is 10.5. The molecule has 3 rings (SSSR count). The number of aryl methyl sites for hydroxylation is 1. The molecular formula is C20H18N2O4. The predicted octanol–water partition coefficient (Wildman–Crippen LogP) is 3.69. The molecule has 0 atom stereocenters. The van der Waals surface area contributed by atoms with Crippen molar-refractivity contribution in [3.8, 4) is 5.75 Å². The molecule has 0 saturated carbocycles. The van der Waals surface area contributed by atoms with E-state index in [1.165, 1.54) is 4.57 Å². The van der Waals surface area contributed by atoms with Crippen molar-refractivity contribution in [2.24, 2.45) is 0 Å². The maximum Gasteiger partial charge on any atom is 0.375 e. The topological polar surface area (TPSA) is 74.4 Å². The minimum atomic E-state index is -0.677. The molecule has 1 aromatic heterocycles. The molecule has 0 aliphatic carbocycles. The molecule has 0 unspecified atom stereocenters. The van der Waals surface area contributed by atoms with Gasteiger partial charge >= 0.3 is 11.2 Å². The molecule has 0 aliphatic rings. The van der Waals surface area contributed by atoms with E-state index in [-0.39, 0.29) is 18.9 Å². The molecule has 0 N–H and O–H groups in total. The summed E-state index contributed by atoms with van der Waals surface area (Å²) in [5.41, 5.74) is 1.16. The first-order valence-corrected chi connectivity index (χ1v) is 8.15. The number of pyridine rings is 1. The number of nitro groups is 1. The number of rotatable bonds is 6. The van der Waals surface area contributed by atoms with Gasteiger partial charge < -0.3 is 9.30 Å². The molecule has 3 aromatic rings. The van der Waals surface area contributed by atoms with Gasteiger partial charge in [0.05, 0.1) is 11.5 Å². The van der Waals surface area contributed by atoms with Crippen LogP contribution in [0.1, 0.15) is 16.8 Å². The van der Waals surface area contributed by atoms with Crippen molar-refractivity contribution in [3.63, 3.8) is 0 Å². The van der Waals surface area contributed by atoms with Gasteiger partial charge in [-0.15, -0.1) is 0 Å². The summed E-state index contributed by atoms with van der Waals surface area (Å²) in [5, 5.41) is 11.5. The van der Waals surface area contributed by atoms with Gasteiger partial charge in [0.25, 0.3) is 0 Å². The van der Waals surface area contributed by atoms with E-state index in [2.05, 4.69) is 0 Å². The van der Waals surface area contributed by atoms with Crippen LogP contribution in [-0.4, -0.2) is 9.49 Å². The van der Waals surface area contributed by atoms with Gasteiger partial charge in [-0.25, -0.2) is 0 Å². The number of ether oxygens (including phenoxy) is 1. The number of nitrogens with zero attached hydrogens (tertiary/aromatic N) is 2. The van der Waals surface area contributed by atoms with Crippen molar-refractivity contribution in [1.29, 1.82) is 0 Å². The van der Waals surface area contributed by atoms with Gasteiger partial charge in [0, 0.05) is 11.8 Å². The summed E-state index contributed by atoms with van der Waals surface area (Å²) < 4.78 is 6.99. The molecule has 0 saturated heterocycles. The maximum absolute atomic E-state index is 12.7. The van der Waals surface area contributed by atoms with Crippen LogP contribution in [0, 0.1) is 17.0 Å². The lowest BCUT2D eigenvalue weighted by Crippen LogP contribution is -2.26. The molecule has 2 aromatic carbocycles. The van der Waals surface area contributed by atoms with Gasteiger partial charge in [0.1, 0.15) is 6.61 Å². The number of hydrogen-bond acceptors (Lipinski definition) is 4. The second-order valence-electron chi connectivity index (χ2n) is 5.91. The fourth-order valence-corrected chi connectivity index (χ4v) is 2.71. The zero-order valence-corrected chi connectivity index (χ0v) is 14.3. The first-order valence-electron chi connectivity index (χ1n) is 8.15. The van der Waals surface area contributed by atoms with Crippen LogP contribution < -0.4 is 10.3 Å². The van der Waals surface area contributed by atoms with Crippen LogP contribution >= 0.6 is 0 Å². The standard InChI is InChI=1S/C20H18N2O4/c1-15-12-18(26-14-17-10-6-3-7-11-17)19(22(24)25)20(23)21(15)13-16-8-4-2-5-9-16/h2-12H,13-14H2,1H3. The van der Waals surface area contributed by atoms with Gasteiger partial charge in [-0.3, -0.25) is 14.9 Å². The first kappa shape index (κ1) is 17.4. The Hall–Kier alpha value is -3.41. The van der Waals surface area contributed by atoms with Crippen molar-refractivity contribution in [1.82, 2.24) is 4.57 Å². The van der Waals surface area contributed by atoms with E-state index in [4.69, 9.17) is 4.74 Å². The fourth-order valence-electron chi connectivity index (χ4n) is 2.71. The molecule has 6 nitrogen and oxygen atoms in total. The number of benzene rings is 2. The van der Waals surface area contributed by atoms with E-state index in [1.807, 2.05) is 60.7 Å². The minimum Gasteiger partial charge on any atom is -0.482 e. The minimum absolute atomic E-state index is 0.00864. The summed E-state index contributed by atoms with van der Waals surface area (Å²) in [7, 11) is 0. The smallest absolute Gasteiger partial charge is 0.375 e. The number of hydrogen-bond donors (Lipinski definition) is 0. The van der Waals surface area contributed by atoms with Crippen LogP contribution in [-0.2, 0) is 13.2 Å². The average molecular weight is 350 g/mol. The third kappa shape index (κ3) is 3.80. The Labute approximate surface area is 150 Å². The molecular weight excluding hydrogens is 332 g/mol. The zero-order chi connectivity index (χ0) is 18.5. The number of aromatic nitrogens is 1. The predicted molar refractivity (Wildman–Crippen MR) is 98.4 cm³/mol. The Balaban J connectivity index is 1.96. The Bertz CT molecular complexity index is 966. The Morgan fingerprint density at radius 2 is 1.58 bits per heavy atom. The van der Waals surface area contributed by atoms with E-state index >= 15 is 0 Å². The van der Waals surface area contributed by atoms with E-state index in [9.17, 15) is 14.9 Å². The quantitative estimate of drug-likeness (QED) is 0.502. The zero-order valence-electron chi connectivity index (χ0n) is 14.3. The maximum atomic E-state index is 12.7. The fraction of sp³-hybridized carbons (Fsp3) is 0.150. The largest absolute Gasteiger partial charge is 0.482 e. The molecule has 0 spiro atoms. The van der Waals surface area contributed by atoms with Gasteiger partial charge in [-0.05, 0) is 18.1 Å². The lowest BCUT2D eigenvalue weighted by Gasteiger charge is -2.13. The Morgan fingerprint density at radius 3 is 2.15 bits per heavy atom. The second kappa shape index (κ2) is 7.65. The lowest BCUT2D eigenvalue weighted by atomic mass is 10.2. The highest BCUT2D eigenvalue weighted by atomic mass is 16.6. The molecule has 1 heterocycles. The summed E-state index contributed by atoms with van der Waals surface area (Å²) in [5.74, 6) is -0.00864. The second-order valence-corrected chi connectivity index (χ2v) is 5.91. The van der Waals surface area contributed by atoms with Crippen molar-refractivity contribution < 1.29 is 9.66 Å². The van der Waals surface area contributed by atoms with Gasteiger partial charge in [0.15, 0.2) is 0 Å². The third-order valence-corrected chi connectivity index (χ3v) is 4.05. The van der Waals surface area contributed by atoms with Crippen LogP contribution in [0.4, 0.5) is 5.69 Å². The summed E-state index contributed by atoms with van der Waals surface area (Å²) in [6, 6.07) is 20.2. The van der Waals surface area contributed by atoms with Gasteiger partial charge in [-0.1, -0.05) is 60.7 Å². The van der Waals surface area contributed by atoms with Crippen LogP contribution in [0.3, 0.4) is 0 Å². The van der Waals surface area contributed by atoms with E-state index in [0.29, 0.717) is 5.69 Å². The lowest BCUT2D eigenvalue weighted by molar-refractivity contribution is -0.387. The molecule has 0 aliphatic heterocycles. The molecule has 0 fully saturated rings. The van der Waals surface area contributed by atoms with E-state index in [0.717, 1.165) is 11.1 Å². The third-order valence-electron chi connectivity index (χ3n) is 4.05. The van der Waals surface area contributed by atoms with Crippen LogP contribution in [0.2, 0.25) is 0 Å². The van der Waals surface area contributed by atoms with Gasteiger partial charge in [0.2, 0.25) is 5.75 Å². The van der Waals surface area contributed by atoms with Crippen molar-refractivity contribution in [2.45, 2.75) is 20.1 Å². The van der Waals surface area contributed by atoms with Crippen LogP contribution in [0.25, 0.3) is 0 Å². The Kier molecular flexibility index (Phi) is 5.12. The van der Waals surface area contributed by atoms with Gasteiger partial charge in [-0.2, -0.15) is 0 Å². The monoisotopic (exact) mass is 350 g/mol. The van der Waals surface area contributed by atoms with Crippen molar-refractivity contribution in [3.05, 3.63) is 104 Å². The highest BCUT2D eigenvalue weighted by Gasteiger charge is 2.24. The Morgan fingerprint density at radius 1 is 1.00 bits per heavy atom. The molecule has 132 valence electrons. The average Bonchev–Trinajstić information content (AvgIpc) is 2.64. The van der Waals surface area contributed by atoms with E-state index in [1.54, 1.807) is 13.0 Å². The molecule has 26 heavy (non-hydrogen) atoms. The van der Waals surface area contributed by atoms with Crippen molar-refractivity contribution >= 4 is 5.69 Å². The summed E-state index contributed by atoms with van der Waals surface area (Å²) in [6.45, 7) is 2.16. The summed E-state index contributed by atoms with van der Waals surface area (Å²) in [4.78, 5) is 23.5. The SMILES string of the molecule is Cc1cc(OCc2ccccc2)c([N+](=O)[O-])c(=O)n1Cc1ccccc1. The van der Waals surface area contributed by atoms with E-state index < -0.39 is 16.2 Å².